The fraction of sp³-hybridized carbons (Fsp3) is 0.857. The number of hydrogen-bond donors (Lipinski definition) is 0. The lowest BCUT2D eigenvalue weighted by molar-refractivity contribution is -0.144. The molecular weight excluding hydrogens is 316 g/mol. The molecule has 140 valence electrons. The van der Waals surface area contributed by atoms with E-state index in [-0.39, 0.29) is 10.7 Å². The van der Waals surface area contributed by atoms with Crippen molar-refractivity contribution in [3.63, 3.8) is 0 Å². The van der Waals surface area contributed by atoms with Crippen LogP contribution in [0.4, 0.5) is 0 Å². The largest absolute Gasteiger partial charge is 0.465 e. The molecule has 1 aliphatic carbocycles. The van der Waals surface area contributed by atoms with Gasteiger partial charge in [-0.1, -0.05) is 59.1 Å². The molecule has 24 heavy (non-hydrogen) atoms. The summed E-state index contributed by atoms with van der Waals surface area (Å²) < 4.78 is 5.69. The van der Waals surface area contributed by atoms with Crippen molar-refractivity contribution in [1.82, 2.24) is 0 Å². The van der Waals surface area contributed by atoms with Crippen LogP contribution in [0.25, 0.3) is 0 Å². The number of carbonyl (C=O) groups is 1. The third-order valence-corrected chi connectivity index (χ3v) is 6.70. The van der Waals surface area contributed by atoms with E-state index in [4.69, 9.17) is 4.74 Å². The standard InChI is InChI=1S/C21H38O2S/c1-6-8-9-18(7-2)16-23-20(22)12-15-24-21(5)13-10-19(11-14-21)17(3)4/h10,13,17-19H,6-9,11-12,14-16H2,1-5H3. The van der Waals surface area contributed by atoms with Crippen molar-refractivity contribution in [3.8, 4) is 0 Å². The Balaban J connectivity index is 2.24. The van der Waals surface area contributed by atoms with Gasteiger partial charge in [0.25, 0.3) is 0 Å². The van der Waals surface area contributed by atoms with Gasteiger partial charge >= 0.3 is 5.97 Å². The highest BCUT2D eigenvalue weighted by Gasteiger charge is 2.28. The predicted octanol–water partition coefficient (Wildman–Crippen LogP) is 6.25. The van der Waals surface area contributed by atoms with E-state index in [1.54, 1.807) is 0 Å². The minimum Gasteiger partial charge on any atom is -0.465 e. The summed E-state index contributed by atoms with van der Waals surface area (Å²) in [6.45, 7) is 11.9. The van der Waals surface area contributed by atoms with Gasteiger partial charge in [-0.25, -0.2) is 0 Å². The number of unbranched alkanes of at least 4 members (excludes halogenated alkanes) is 1. The van der Waals surface area contributed by atoms with Gasteiger partial charge in [0.15, 0.2) is 0 Å². The van der Waals surface area contributed by atoms with E-state index in [1.165, 1.54) is 32.1 Å². The molecule has 0 spiro atoms. The monoisotopic (exact) mass is 354 g/mol. The summed E-state index contributed by atoms with van der Waals surface area (Å²) in [6.07, 6.45) is 12.5. The van der Waals surface area contributed by atoms with E-state index in [0.717, 1.165) is 24.0 Å². The van der Waals surface area contributed by atoms with E-state index in [9.17, 15) is 4.79 Å². The van der Waals surface area contributed by atoms with Crippen LogP contribution in [0.2, 0.25) is 0 Å². The Morgan fingerprint density at radius 2 is 2.12 bits per heavy atom. The second-order valence-corrected chi connectivity index (χ2v) is 9.45. The third kappa shape index (κ3) is 8.09. The Kier molecular flexibility index (Phi) is 10.1. The fourth-order valence-corrected chi connectivity index (χ4v) is 4.36. The zero-order valence-corrected chi connectivity index (χ0v) is 17.3. The number of ether oxygens (including phenoxy) is 1. The Bertz CT molecular complexity index is 391. The molecule has 3 heteroatoms. The van der Waals surface area contributed by atoms with E-state index in [2.05, 4.69) is 46.8 Å². The molecule has 0 bridgehead atoms. The zero-order valence-electron chi connectivity index (χ0n) is 16.5. The van der Waals surface area contributed by atoms with Crippen molar-refractivity contribution in [1.29, 1.82) is 0 Å². The van der Waals surface area contributed by atoms with Gasteiger partial charge in [0.05, 0.1) is 13.0 Å². The van der Waals surface area contributed by atoms with Crippen molar-refractivity contribution in [3.05, 3.63) is 12.2 Å². The predicted molar refractivity (Wildman–Crippen MR) is 106 cm³/mol. The van der Waals surface area contributed by atoms with Crippen molar-refractivity contribution >= 4 is 17.7 Å². The maximum atomic E-state index is 12.0. The average molecular weight is 355 g/mol. The van der Waals surface area contributed by atoms with Gasteiger partial charge in [-0.05, 0) is 43.9 Å². The number of carbonyl (C=O) groups excluding carboxylic acids is 1. The van der Waals surface area contributed by atoms with Crippen molar-refractivity contribution < 1.29 is 9.53 Å². The molecular formula is C21H38O2S. The van der Waals surface area contributed by atoms with Crippen LogP contribution in [0, 0.1) is 17.8 Å². The van der Waals surface area contributed by atoms with E-state index >= 15 is 0 Å². The van der Waals surface area contributed by atoms with Crippen LogP contribution in [0.3, 0.4) is 0 Å². The summed E-state index contributed by atoms with van der Waals surface area (Å²) in [7, 11) is 0. The van der Waals surface area contributed by atoms with Crippen LogP contribution >= 0.6 is 11.8 Å². The van der Waals surface area contributed by atoms with Gasteiger partial charge in [-0.2, -0.15) is 11.8 Å². The number of thioether (sulfide) groups is 1. The first-order valence-electron chi connectivity index (χ1n) is 9.89. The summed E-state index contributed by atoms with van der Waals surface area (Å²) in [4.78, 5) is 12.0. The molecule has 0 saturated heterocycles. The van der Waals surface area contributed by atoms with Gasteiger partial charge in [0.2, 0.25) is 0 Å². The lowest BCUT2D eigenvalue weighted by Crippen LogP contribution is -2.25. The maximum Gasteiger partial charge on any atom is 0.306 e. The highest BCUT2D eigenvalue weighted by Crippen LogP contribution is 2.39. The molecule has 0 radical (unpaired) electrons. The first-order valence-corrected chi connectivity index (χ1v) is 10.9. The Morgan fingerprint density at radius 1 is 1.38 bits per heavy atom. The summed E-state index contributed by atoms with van der Waals surface area (Å²) in [6, 6.07) is 0. The lowest BCUT2D eigenvalue weighted by Gasteiger charge is -2.33. The van der Waals surface area contributed by atoms with E-state index in [1.807, 2.05) is 11.8 Å². The van der Waals surface area contributed by atoms with Crippen LogP contribution in [-0.4, -0.2) is 23.1 Å². The third-order valence-electron chi connectivity index (χ3n) is 5.29. The smallest absolute Gasteiger partial charge is 0.306 e. The molecule has 0 amide bonds. The Hall–Kier alpha value is -0.440. The van der Waals surface area contributed by atoms with E-state index in [0.29, 0.717) is 18.9 Å². The van der Waals surface area contributed by atoms with E-state index < -0.39 is 0 Å². The molecule has 0 aromatic carbocycles. The van der Waals surface area contributed by atoms with Gasteiger partial charge in [-0.15, -0.1) is 0 Å². The highest BCUT2D eigenvalue weighted by molar-refractivity contribution is 8.00. The summed E-state index contributed by atoms with van der Waals surface area (Å²) in [5.41, 5.74) is 0. The quantitative estimate of drug-likeness (QED) is 0.324. The topological polar surface area (TPSA) is 26.3 Å². The van der Waals surface area contributed by atoms with Crippen LogP contribution in [0.15, 0.2) is 12.2 Å². The minimum atomic E-state index is -0.0269. The van der Waals surface area contributed by atoms with Crippen molar-refractivity contribution in [2.45, 2.75) is 84.3 Å². The number of esters is 1. The molecule has 0 saturated carbocycles. The van der Waals surface area contributed by atoms with Crippen LogP contribution < -0.4 is 0 Å². The van der Waals surface area contributed by atoms with Gasteiger partial charge in [-0.3, -0.25) is 4.79 Å². The second kappa shape index (κ2) is 11.2. The van der Waals surface area contributed by atoms with Crippen LogP contribution in [-0.2, 0) is 9.53 Å². The molecule has 0 fully saturated rings. The van der Waals surface area contributed by atoms with Crippen LogP contribution in [0.5, 0.6) is 0 Å². The number of hydrogen-bond acceptors (Lipinski definition) is 3. The molecule has 3 unspecified atom stereocenters. The average Bonchev–Trinajstić information content (AvgIpc) is 2.55. The molecule has 0 aliphatic heterocycles. The Labute approximate surface area is 154 Å². The van der Waals surface area contributed by atoms with Gasteiger partial charge < -0.3 is 4.74 Å². The van der Waals surface area contributed by atoms with Crippen LogP contribution in [0.1, 0.15) is 79.6 Å². The second-order valence-electron chi connectivity index (χ2n) is 7.82. The molecule has 0 heterocycles. The van der Waals surface area contributed by atoms with Crippen molar-refractivity contribution in [2.75, 3.05) is 12.4 Å². The molecule has 3 atom stereocenters. The molecule has 1 rings (SSSR count). The summed E-state index contributed by atoms with van der Waals surface area (Å²) in [5.74, 6) is 2.81. The van der Waals surface area contributed by atoms with Gasteiger partial charge in [0, 0.05) is 10.5 Å². The first kappa shape index (κ1) is 21.6. The molecule has 0 aromatic heterocycles. The number of allylic oxidation sites excluding steroid dienone is 1. The lowest BCUT2D eigenvalue weighted by atomic mass is 9.83. The summed E-state index contributed by atoms with van der Waals surface area (Å²) in [5, 5.41) is 0. The molecule has 0 aromatic rings. The molecule has 0 N–H and O–H groups in total. The first-order chi connectivity index (χ1) is 11.4. The van der Waals surface area contributed by atoms with Crippen molar-refractivity contribution in [2.24, 2.45) is 17.8 Å². The normalized spacial score (nSPS) is 25.0. The van der Waals surface area contributed by atoms with Gasteiger partial charge in [0.1, 0.15) is 0 Å². The zero-order chi connectivity index (χ0) is 18.0. The minimum absolute atomic E-state index is 0.0269. The Morgan fingerprint density at radius 3 is 2.67 bits per heavy atom. The number of rotatable bonds is 11. The molecule has 2 nitrogen and oxygen atoms in total. The fourth-order valence-electron chi connectivity index (χ4n) is 3.18. The summed E-state index contributed by atoms with van der Waals surface area (Å²) >= 11 is 1.91. The maximum absolute atomic E-state index is 12.0. The molecule has 1 aliphatic rings. The SMILES string of the molecule is CCCCC(CC)COC(=O)CCSC1(C)C=CC(C(C)C)CC1. The highest BCUT2D eigenvalue weighted by atomic mass is 32.2.